The van der Waals surface area contributed by atoms with Crippen molar-refractivity contribution in [2.75, 3.05) is 26.3 Å². The number of hydrogen-bond donors (Lipinski definition) is 2. The van der Waals surface area contributed by atoms with Gasteiger partial charge in [-0.3, -0.25) is 4.79 Å². The predicted molar refractivity (Wildman–Crippen MR) is 55.5 cm³/mol. The molecule has 100 valence electrons. The first-order valence-corrected chi connectivity index (χ1v) is 5.53. The number of ether oxygens (including phenoxy) is 1. The van der Waals surface area contributed by atoms with Crippen LogP contribution in [0.4, 0.5) is 13.2 Å². The number of amides is 1. The van der Waals surface area contributed by atoms with E-state index in [-0.39, 0.29) is 6.04 Å². The first kappa shape index (κ1) is 14.2. The molecular weight excluding hydrogens is 237 g/mol. The van der Waals surface area contributed by atoms with Crippen molar-refractivity contribution in [1.82, 2.24) is 10.6 Å². The Morgan fingerprint density at radius 3 is 2.82 bits per heavy atom. The number of rotatable bonds is 5. The van der Waals surface area contributed by atoms with E-state index >= 15 is 0 Å². The zero-order valence-electron chi connectivity index (χ0n) is 9.64. The molecule has 17 heavy (non-hydrogen) atoms. The normalized spacial score (nSPS) is 22.5. The summed E-state index contributed by atoms with van der Waals surface area (Å²) in [5.74, 6) is -0.171. The molecule has 1 heterocycles. The van der Waals surface area contributed by atoms with Crippen molar-refractivity contribution in [3.63, 3.8) is 0 Å². The van der Waals surface area contributed by atoms with Crippen LogP contribution in [0, 0.1) is 5.92 Å². The second-order valence-corrected chi connectivity index (χ2v) is 4.22. The van der Waals surface area contributed by atoms with Gasteiger partial charge < -0.3 is 15.4 Å². The van der Waals surface area contributed by atoms with E-state index in [4.69, 9.17) is 0 Å². The number of nitrogens with one attached hydrogen (secondary N) is 2. The summed E-state index contributed by atoms with van der Waals surface area (Å²) < 4.78 is 39.5. The molecule has 1 fully saturated rings. The summed E-state index contributed by atoms with van der Waals surface area (Å²) in [5, 5.41) is 5.80. The lowest BCUT2D eigenvalue weighted by Crippen LogP contribution is -2.41. The van der Waals surface area contributed by atoms with Crippen LogP contribution >= 0.6 is 0 Å². The van der Waals surface area contributed by atoms with Gasteiger partial charge in [0, 0.05) is 6.04 Å². The summed E-state index contributed by atoms with van der Waals surface area (Å²) in [6, 6.07) is -0.0491. The predicted octanol–water partition coefficient (Wildman–Crippen LogP) is 0.679. The third-order valence-corrected chi connectivity index (χ3v) is 2.69. The zero-order valence-corrected chi connectivity index (χ0v) is 9.64. The molecule has 1 aliphatic rings. The summed E-state index contributed by atoms with van der Waals surface area (Å²) >= 11 is 0. The van der Waals surface area contributed by atoms with Gasteiger partial charge in [0.1, 0.15) is 13.2 Å². The Bertz CT molecular complexity index is 252. The number of alkyl halides is 3. The van der Waals surface area contributed by atoms with E-state index in [1.165, 1.54) is 0 Å². The molecule has 7 heteroatoms. The Hall–Kier alpha value is -0.820. The Kier molecular flexibility index (Phi) is 5.20. The van der Waals surface area contributed by atoms with Crippen LogP contribution in [-0.4, -0.2) is 44.4 Å². The molecule has 0 aliphatic carbocycles. The molecule has 0 spiro atoms. The van der Waals surface area contributed by atoms with Gasteiger partial charge in [-0.15, -0.1) is 0 Å². The van der Waals surface area contributed by atoms with Gasteiger partial charge in [-0.05, 0) is 32.4 Å². The van der Waals surface area contributed by atoms with Gasteiger partial charge in [0.15, 0.2) is 0 Å². The minimum atomic E-state index is -4.39. The number of carbonyl (C=O) groups excluding carboxylic acids is 1. The molecule has 1 saturated heterocycles. The van der Waals surface area contributed by atoms with Gasteiger partial charge in [-0.25, -0.2) is 0 Å². The Balaban J connectivity index is 2.15. The molecule has 0 aromatic rings. The van der Waals surface area contributed by atoms with Crippen LogP contribution in [0.25, 0.3) is 0 Å². The minimum absolute atomic E-state index is 0.0491. The summed E-state index contributed by atoms with van der Waals surface area (Å²) in [4.78, 5) is 11.3. The van der Waals surface area contributed by atoms with Crippen molar-refractivity contribution in [2.45, 2.75) is 25.6 Å². The highest BCUT2D eigenvalue weighted by Gasteiger charge is 2.28. The smallest absolute Gasteiger partial charge is 0.362 e. The third kappa shape index (κ3) is 5.88. The second-order valence-electron chi connectivity index (χ2n) is 4.22. The fraction of sp³-hybridized carbons (Fsp3) is 0.900. The maximum atomic E-state index is 11.7. The lowest BCUT2D eigenvalue weighted by atomic mass is 10.0. The summed E-state index contributed by atoms with van der Waals surface area (Å²) in [5.41, 5.74) is 0. The van der Waals surface area contributed by atoms with Gasteiger partial charge in [-0.1, -0.05) is 0 Å². The molecule has 0 saturated carbocycles. The van der Waals surface area contributed by atoms with Crippen LogP contribution in [0.1, 0.15) is 13.3 Å². The van der Waals surface area contributed by atoms with Gasteiger partial charge >= 0.3 is 6.18 Å². The molecular formula is C10H17F3N2O2. The van der Waals surface area contributed by atoms with Crippen LogP contribution in [-0.2, 0) is 9.53 Å². The van der Waals surface area contributed by atoms with E-state index in [1.807, 2.05) is 6.92 Å². The highest BCUT2D eigenvalue weighted by atomic mass is 19.4. The van der Waals surface area contributed by atoms with E-state index in [2.05, 4.69) is 15.4 Å². The van der Waals surface area contributed by atoms with E-state index in [1.54, 1.807) is 0 Å². The van der Waals surface area contributed by atoms with E-state index in [0.717, 1.165) is 19.5 Å². The average molecular weight is 254 g/mol. The lowest BCUT2D eigenvalue weighted by molar-refractivity contribution is -0.175. The van der Waals surface area contributed by atoms with Crippen molar-refractivity contribution in [1.29, 1.82) is 0 Å². The van der Waals surface area contributed by atoms with E-state index in [9.17, 15) is 18.0 Å². The Labute approximate surface area is 97.9 Å². The molecule has 2 unspecified atom stereocenters. The molecule has 1 amide bonds. The monoisotopic (exact) mass is 254 g/mol. The van der Waals surface area contributed by atoms with Crippen molar-refractivity contribution >= 4 is 5.91 Å². The number of halogens is 3. The lowest BCUT2D eigenvalue weighted by Gasteiger charge is -2.19. The molecule has 0 aromatic carbocycles. The summed E-state index contributed by atoms with van der Waals surface area (Å²) in [7, 11) is 0. The highest BCUT2D eigenvalue weighted by Crippen LogP contribution is 2.14. The van der Waals surface area contributed by atoms with Crippen molar-refractivity contribution in [3.8, 4) is 0 Å². The molecule has 1 rings (SSSR count). The highest BCUT2D eigenvalue weighted by molar-refractivity contribution is 5.77. The largest absolute Gasteiger partial charge is 0.411 e. The van der Waals surface area contributed by atoms with Gasteiger partial charge in [0.05, 0.1) is 0 Å². The molecule has 0 radical (unpaired) electrons. The first-order chi connectivity index (χ1) is 7.88. The van der Waals surface area contributed by atoms with Crippen LogP contribution < -0.4 is 10.6 Å². The number of hydrogen-bond acceptors (Lipinski definition) is 3. The standard InChI is InChI=1S/C10H17F3N2O2/c1-7(8-2-3-14-4-8)15-9(16)5-17-6-10(11,12)13/h7-8,14H,2-6H2,1H3,(H,15,16). The topological polar surface area (TPSA) is 50.4 Å². The summed E-state index contributed by atoms with van der Waals surface area (Å²) in [6.07, 6.45) is -3.42. The van der Waals surface area contributed by atoms with Crippen molar-refractivity contribution < 1.29 is 22.7 Å². The van der Waals surface area contributed by atoms with Gasteiger partial charge in [0.25, 0.3) is 0 Å². The SMILES string of the molecule is CC(NC(=O)COCC(F)(F)F)C1CCNC1. The molecule has 0 aromatic heterocycles. The Morgan fingerprint density at radius 1 is 1.59 bits per heavy atom. The fourth-order valence-corrected chi connectivity index (χ4v) is 1.78. The maximum Gasteiger partial charge on any atom is 0.411 e. The van der Waals surface area contributed by atoms with E-state index < -0.39 is 25.3 Å². The second kappa shape index (κ2) is 6.20. The molecule has 0 bridgehead atoms. The zero-order chi connectivity index (χ0) is 12.9. The van der Waals surface area contributed by atoms with Crippen LogP contribution in [0.2, 0.25) is 0 Å². The minimum Gasteiger partial charge on any atom is -0.362 e. The summed E-state index contributed by atoms with van der Waals surface area (Å²) in [6.45, 7) is 1.64. The van der Waals surface area contributed by atoms with E-state index in [0.29, 0.717) is 5.92 Å². The van der Waals surface area contributed by atoms with Gasteiger partial charge in [-0.2, -0.15) is 13.2 Å². The van der Waals surface area contributed by atoms with Crippen LogP contribution in [0.5, 0.6) is 0 Å². The van der Waals surface area contributed by atoms with Crippen molar-refractivity contribution in [2.24, 2.45) is 5.92 Å². The van der Waals surface area contributed by atoms with Crippen molar-refractivity contribution in [3.05, 3.63) is 0 Å². The fourth-order valence-electron chi connectivity index (χ4n) is 1.78. The third-order valence-electron chi connectivity index (χ3n) is 2.69. The molecule has 1 aliphatic heterocycles. The first-order valence-electron chi connectivity index (χ1n) is 5.53. The molecule has 4 nitrogen and oxygen atoms in total. The quantitative estimate of drug-likeness (QED) is 0.758. The number of carbonyl (C=O) groups is 1. The average Bonchev–Trinajstić information content (AvgIpc) is 2.67. The molecule has 2 N–H and O–H groups in total. The van der Waals surface area contributed by atoms with Crippen LogP contribution in [0.3, 0.4) is 0 Å². The Morgan fingerprint density at radius 2 is 2.29 bits per heavy atom. The van der Waals surface area contributed by atoms with Crippen LogP contribution in [0.15, 0.2) is 0 Å². The maximum absolute atomic E-state index is 11.7. The van der Waals surface area contributed by atoms with Gasteiger partial charge in [0.2, 0.25) is 5.91 Å². The molecule has 2 atom stereocenters.